The van der Waals surface area contributed by atoms with Gasteiger partial charge in [0, 0.05) is 0 Å². The van der Waals surface area contributed by atoms with E-state index in [1.54, 1.807) is 6.19 Å². The molecule has 18 heavy (non-hydrogen) atoms. The summed E-state index contributed by atoms with van der Waals surface area (Å²) in [7, 11) is 0. The summed E-state index contributed by atoms with van der Waals surface area (Å²) in [5.74, 6) is 0.381. The molecule has 0 bridgehead atoms. The summed E-state index contributed by atoms with van der Waals surface area (Å²) < 4.78 is 0. The summed E-state index contributed by atoms with van der Waals surface area (Å²) in [6.45, 7) is 0. The van der Waals surface area contributed by atoms with Gasteiger partial charge < -0.3 is 11.5 Å². The lowest BCUT2D eigenvalue weighted by Gasteiger charge is -2.04. The molecule has 0 aromatic carbocycles. The Morgan fingerprint density at radius 3 is 2.56 bits per heavy atom. The Hall–Kier alpha value is -2.76. The van der Waals surface area contributed by atoms with Crippen molar-refractivity contribution in [2.75, 3.05) is 11.5 Å². The van der Waals surface area contributed by atoms with Gasteiger partial charge in [-0.25, -0.2) is 4.98 Å². The number of hydrogen-bond acceptors (Lipinski definition) is 7. The summed E-state index contributed by atoms with van der Waals surface area (Å²) in [6.07, 6.45) is 1.56. The van der Waals surface area contributed by atoms with Crippen LogP contribution in [0.3, 0.4) is 0 Å². The lowest BCUT2D eigenvalue weighted by atomic mass is 10.2. The van der Waals surface area contributed by atoms with Crippen LogP contribution in [-0.4, -0.2) is 16.6 Å². The molecule has 0 aliphatic heterocycles. The Balaban J connectivity index is 3.01. The van der Waals surface area contributed by atoms with Gasteiger partial charge in [-0.15, -0.1) is 0 Å². The maximum atomic E-state index is 8.93. The Morgan fingerprint density at radius 1 is 1.33 bits per heavy atom. The van der Waals surface area contributed by atoms with E-state index in [1.807, 2.05) is 12.1 Å². The van der Waals surface area contributed by atoms with Crippen LogP contribution in [0.4, 0.5) is 5.82 Å². The van der Waals surface area contributed by atoms with Gasteiger partial charge in [-0.3, -0.25) is 0 Å². The average Bonchev–Trinajstić information content (AvgIpc) is 2.36. The maximum absolute atomic E-state index is 8.93. The first-order chi connectivity index (χ1) is 8.62. The van der Waals surface area contributed by atoms with Crippen molar-refractivity contribution in [2.24, 2.45) is 10.7 Å². The van der Waals surface area contributed by atoms with Crippen LogP contribution < -0.4 is 11.5 Å². The predicted molar refractivity (Wildman–Crippen MR) is 66.0 cm³/mol. The highest BCUT2D eigenvalue weighted by atomic mass is 32.2. The minimum atomic E-state index is 0.0507. The quantitative estimate of drug-likeness (QED) is 0.343. The first-order valence-electron chi connectivity index (χ1n) is 4.57. The molecule has 1 rings (SSSR count). The number of aliphatic imine (C=N–C) groups is 1. The molecule has 0 atom stereocenters. The minimum Gasteiger partial charge on any atom is -0.386 e. The average molecular weight is 257 g/mol. The van der Waals surface area contributed by atoms with Crippen molar-refractivity contribution in [2.45, 2.75) is 5.03 Å². The van der Waals surface area contributed by atoms with Gasteiger partial charge >= 0.3 is 0 Å². The summed E-state index contributed by atoms with van der Waals surface area (Å²) in [5.41, 5.74) is 11.4. The molecule has 0 radical (unpaired) electrons. The number of thioether (sulfide) groups is 1. The van der Waals surface area contributed by atoms with Gasteiger partial charge in [0.2, 0.25) is 6.19 Å². The third-order valence-electron chi connectivity index (χ3n) is 1.81. The summed E-state index contributed by atoms with van der Waals surface area (Å²) in [6, 6.07) is 5.12. The number of nitrogens with zero attached hydrogens (tertiary/aromatic N) is 5. The number of aromatic nitrogens is 1. The third-order valence-corrected chi connectivity index (χ3v) is 2.83. The molecule has 8 heteroatoms. The fourth-order valence-corrected chi connectivity index (χ4v) is 1.80. The molecule has 0 fully saturated rings. The van der Waals surface area contributed by atoms with Crippen LogP contribution in [0.2, 0.25) is 0 Å². The first kappa shape index (κ1) is 13.3. The van der Waals surface area contributed by atoms with E-state index >= 15 is 0 Å². The normalized spacial score (nSPS) is 10.2. The fraction of sp³-hybridized carbons (Fsp3) is 0.100. The van der Waals surface area contributed by atoms with Gasteiger partial charge in [0.1, 0.15) is 28.8 Å². The summed E-state index contributed by atoms with van der Waals surface area (Å²) in [4.78, 5) is 7.29. The van der Waals surface area contributed by atoms with Gasteiger partial charge in [0.15, 0.2) is 0 Å². The number of pyridine rings is 1. The van der Waals surface area contributed by atoms with Crippen LogP contribution in [0.5, 0.6) is 0 Å². The summed E-state index contributed by atoms with van der Waals surface area (Å²) >= 11 is 1.12. The molecule has 0 saturated carbocycles. The molecule has 0 aliphatic rings. The van der Waals surface area contributed by atoms with Gasteiger partial charge in [0.25, 0.3) is 0 Å². The fourth-order valence-electron chi connectivity index (χ4n) is 1.03. The van der Waals surface area contributed by atoms with Crippen molar-refractivity contribution in [1.82, 2.24) is 4.98 Å². The van der Waals surface area contributed by atoms with Crippen LogP contribution in [0.15, 0.2) is 16.1 Å². The largest absolute Gasteiger partial charge is 0.386 e. The maximum Gasteiger partial charge on any atom is 0.207 e. The molecule has 0 spiro atoms. The molecular weight excluding hydrogens is 250 g/mol. The smallest absolute Gasteiger partial charge is 0.207 e. The molecule has 7 nitrogen and oxygen atoms in total. The number of hydrogen-bond donors (Lipinski definition) is 2. The topological polar surface area (TPSA) is 149 Å². The van der Waals surface area contributed by atoms with Gasteiger partial charge in [-0.2, -0.15) is 20.8 Å². The SMILES string of the molecule is N#CN=C(N)CSc1nc(N)c(C#N)cc1C#N. The first-order valence-corrected chi connectivity index (χ1v) is 5.55. The van der Waals surface area contributed by atoms with E-state index in [4.69, 9.17) is 27.3 Å². The van der Waals surface area contributed by atoms with E-state index in [0.717, 1.165) is 11.8 Å². The van der Waals surface area contributed by atoms with Crippen LogP contribution >= 0.6 is 11.8 Å². The zero-order valence-corrected chi connectivity index (χ0v) is 9.90. The van der Waals surface area contributed by atoms with Crippen molar-refractivity contribution in [3.63, 3.8) is 0 Å². The highest BCUT2D eigenvalue weighted by molar-refractivity contribution is 8.00. The van der Waals surface area contributed by atoms with Gasteiger partial charge in [-0.1, -0.05) is 11.8 Å². The zero-order valence-electron chi connectivity index (χ0n) is 9.08. The monoisotopic (exact) mass is 257 g/mol. The van der Waals surface area contributed by atoms with E-state index in [-0.39, 0.29) is 28.5 Å². The number of nitrogens with two attached hydrogens (primary N) is 2. The highest BCUT2D eigenvalue weighted by Crippen LogP contribution is 2.23. The van der Waals surface area contributed by atoms with E-state index in [2.05, 4.69) is 9.98 Å². The van der Waals surface area contributed by atoms with Crippen molar-refractivity contribution in [1.29, 1.82) is 15.8 Å². The Morgan fingerprint density at radius 2 is 2.00 bits per heavy atom. The summed E-state index contributed by atoms with van der Waals surface area (Å²) in [5, 5.41) is 26.3. The Bertz CT molecular complexity index is 615. The lowest BCUT2D eigenvalue weighted by Crippen LogP contribution is -2.14. The van der Waals surface area contributed by atoms with E-state index in [1.165, 1.54) is 6.07 Å². The van der Waals surface area contributed by atoms with Gasteiger partial charge in [0.05, 0.1) is 16.9 Å². The second-order valence-electron chi connectivity index (χ2n) is 2.99. The predicted octanol–water partition coefficient (Wildman–Crippen LogP) is 0.338. The van der Waals surface area contributed by atoms with Crippen LogP contribution in [0.25, 0.3) is 0 Å². The van der Waals surface area contributed by atoms with Crippen molar-refractivity contribution in [3.8, 4) is 18.3 Å². The Kier molecular flexibility index (Phi) is 4.50. The number of nitrogen functional groups attached to an aromatic ring is 1. The second-order valence-corrected chi connectivity index (χ2v) is 3.95. The van der Waals surface area contributed by atoms with Crippen LogP contribution in [-0.2, 0) is 0 Å². The van der Waals surface area contributed by atoms with E-state index < -0.39 is 0 Å². The molecule has 4 N–H and O–H groups in total. The van der Waals surface area contributed by atoms with Crippen LogP contribution in [0.1, 0.15) is 11.1 Å². The number of rotatable bonds is 3. The standard InChI is InChI=1S/C10H7N7S/c11-2-6-1-7(3-12)10(17-9(6)15)18-4-8(14)16-5-13/h1H,4H2,(H2,14,16)(H2,15,17). The van der Waals surface area contributed by atoms with Crippen molar-refractivity contribution >= 4 is 23.4 Å². The van der Waals surface area contributed by atoms with E-state index in [0.29, 0.717) is 5.03 Å². The molecule has 1 aromatic heterocycles. The molecule has 0 saturated heterocycles. The van der Waals surface area contributed by atoms with Crippen molar-refractivity contribution < 1.29 is 0 Å². The van der Waals surface area contributed by atoms with Crippen LogP contribution in [0, 0.1) is 34.1 Å². The van der Waals surface area contributed by atoms with Gasteiger partial charge in [-0.05, 0) is 6.07 Å². The number of anilines is 1. The Labute approximate surface area is 107 Å². The molecule has 0 aliphatic carbocycles. The number of amidine groups is 1. The molecule has 1 heterocycles. The number of nitriles is 3. The molecular formula is C10H7N7S. The molecule has 88 valence electrons. The third kappa shape index (κ3) is 3.11. The second kappa shape index (κ2) is 6.09. The lowest BCUT2D eigenvalue weighted by molar-refractivity contribution is 1.11. The highest BCUT2D eigenvalue weighted by Gasteiger charge is 2.10. The molecule has 0 amide bonds. The van der Waals surface area contributed by atoms with Crippen molar-refractivity contribution in [3.05, 3.63) is 17.2 Å². The minimum absolute atomic E-state index is 0.0507. The molecule has 0 unspecified atom stereocenters. The zero-order chi connectivity index (χ0) is 13.5. The molecule has 1 aromatic rings. The van der Waals surface area contributed by atoms with E-state index in [9.17, 15) is 0 Å².